The van der Waals surface area contributed by atoms with Crippen molar-refractivity contribution >= 4 is 115 Å². The van der Waals surface area contributed by atoms with Crippen molar-refractivity contribution in [3.8, 4) is 22.3 Å². The van der Waals surface area contributed by atoms with E-state index in [1.165, 1.54) is 5.32 Å². The fourth-order valence-electron chi connectivity index (χ4n) is 12.7. The molecule has 0 atom stereocenters. The molecule has 10 heterocycles. The number of benzene rings is 8. The molecule has 0 saturated heterocycles. The Morgan fingerprint density at radius 3 is 1.46 bits per heavy atom. The maximum atomic E-state index is 13.8. The van der Waals surface area contributed by atoms with Crippen LogP contribution in [-0.4, -0.2) is 46.1 Å². The topological polar surface area (TPSA) is 104 Å². The Kier molecular flexibility index (Phi) is 24.9. The third-order valence-electron chi connectivity index (χ3n) is 17.7. The van der Waals surface area contributed by atoms with E-state index >= 15 is 0 Å². The molecule has 548 valence electrons. The minimum absolute atomic E-state index is 0. The molecule has 0 bridgehead atoms. The first-order valence-electron chi connectivity index (χ1n) is 33.7. The molecule has 0 unspecified atom stereocenters. The minimum atomic E-state index is -4.58. The van der Waals surface area contributed by atoms with Crippen LogP contribution in [0.2, 0.25) is 19.6 Å². The van der Waals surface area contributed by atoms with Crippen LogP contribution in [0, 0.1) is 50.9 Å². The van der Waals surface area contributed by atoms with Crippen molar-refractivity contribution in [2.75, 3.05) is 46.2 Å². The summed E-state index contributed by atoms with van der Waals surface area (Å²) in [5, 5.41) is 3.39. The third-order valence-corrected chi connectivity index (χ3v) is 19.5. The Morgan fingerprint density at radius 1 is 0.439 bits per heavy atom. The van der Waals surface area contributed by atoms with Gasteiger partial charge in [0.15, 0.2) is 0 Å². The average molecular weight is 2140 g/mol. The molecule has 0 spiro atoms. The van der Waals surface area contributed by atoms with Gasteiger partial charge in [0.1, 0.15) is 42.6 Å². The molecule has 0 fully saturated rings. The normalized spacial score (nSPS) is 13.1. The summed E-state index contributed by atoms with van der Waals surface area (Å²) >= 11 is 0. The molecule has 0 amide bonds. The third kappa shape index (κ3) is 16.4. The number of hydrogen-bond donors (Lipinski definition) is 0. The van der Waals surface area contributed by atoms with Gasteiger partial charge in [-0.05, 0) is 105 Å². The first-order chi connectivity index (χ1) is 50.1. The van der Waals surface area contributed by atoms with Gasteiger partial charge in [-0.25, -0.2) is 19.9 Å². The Labute approximate surface area is 677 Å². The Hall–Kier alpha value is -9.69. The van der Waals surface area contributed by atoms with Gasteiger partial charge in [-0.3, -0.25) is 4.98 Å². The molecule has 14 aromatic rings. The molecule has 6 aromatic heterocycles. The Bertz CT molecular complexity index is 5080. The number of nitrogens with zero attached hydrogens (tertiary/aromatic N) is 13. The first-order valence-corrected chi connectivity index (χ1v) is 37.2. The van der Waals surface area contributed by atoms with Crippen LogP contribution < -0.4 is 44.5 Å². The zero-order valence-electron chi connectivity index (χ0n) is 58.6. The molecular weight excluding hydrogens is 2070 g/mol. The molecule has 0 saturated carbocycles. The monoisotopic (exact) mass is 2140 g/mol. The van der Waals surface area contributed by atoms with Crippen molar-refractivity contribution in [1.29, 1.82) is 0 Å². The van der Waals surface area contributed by atoms with Crippen LogP contribution in [0.1, 0.15) is 19.5 Å². The molecular formula is C85H68F3Ir4N13OSi-8. The van der Waals surface area contributed by atoms with Gasteiger partial charge in [0.2, 0.25) is 0 Å². The standard InChI is InChI=1S/C26H24N4Si.C25H16F3N3.C21H17N3O.C13H11N3.4Ir/c1-31(2,3)24-17-23(20-11-10-16-27-18-20)25-26(28-24)30(22-14-8-5-9-15-22)19-29(25)21-12-6-4-7-13-21;26-25(27,28)22-16-21(18-10-4-1-5-11-18)23-24(29-22)31(20-14-8-3-9-15-20)17-30(23)19-12-6-2-7-13-19;1-14(2)23-13-24(21-18(23)7-5-11-22-21)15-9-10-20-17(12-15)16-6-3-4-8-19(16)25-20;1-15-10-16(11-6-3-2-4-7-11)13-12(15)8-5-9-14-13;;;;/h4-14,16-19H,1-3H3;1-14,16-17H;3-8,10-14H,1-2H3;2-6,8-10H,1H3;;;;/q4*-2;;;;. The quantitative estimate of drug-likeness (QED) is 0.0958. The molecule has 14 nitrogen and oxygen atoms in total. The smallest absolute Gasteiger partial charge is 0.433 e. The number of alkyl halides is 3. The maximum Gasteiger partial charge on any atom is 0.433 e. The number of pyridine rings is 5. The van der Waals surface area contributed by atoms with Crippen LogP contribution in [-0.2, 0) is 86.6 Å². The summed E-state index contributed by atoms with van der Waals surface area (Å²) < 4.78 is 47.3. The molecule has 8 aromatic carbocycles. The SMILES string of the molecule is CC(C)N1[CH-]N(c2[c-]cc3oc4ccccc4c3c2)c2ncccc21.CN1[CH-]N(c2[c-]cccc2)c2ncccc21.C[Si](C)(C)c1cc(-c2cccnc2)c2c(n1)N(c1[c-]cccc1)[CH-]N2c1ccccc1.FC(F)(F)c1cc(-c2ccccc2)c2c(n1)N(c1[c-]cccc1)[CH-]N2c1ccccc1.[Ir].[Ir].[Ir].[Ir]. The van der Waals surface area contributed by atoms with Gasteiger partial charge in [-0.1, -0.05) is 116 Å². The van der Waals surface area contributed by atoms with Gasteiger partial charge >= 0.3 is 6.18 Å². The molecule has 18 rings (SSSR count). The second-order valence-electron chi connectivity index (χ2n) is 25.9. The van der Waals surface area contributed by atoms with Gasteiger partial charge in [0, 0.05) is 161 Å². The maximum absolute atomic E-state index is 13.8. The van der Waals surface area contributed by atoms with Crippen LogP contribution in [0.25, 0.3) is 44.2 Å². The van der Waals surface area contributed by atoms with Crippen LogP contribution in [0.5, 0.6) is 0 Å². The van der Waals surface area contributed by atoms with E-state index in [1.807, 2.05) is 200 Å². The molecule has 4 aliphatic heterocycles. The number of para-hydroxylation sites is 6. The van der Waals surface area contributed by atoms with Gasteiger partial charge in [0.25, 0.3) is 0 Å². The number of fused-ring (bicyclic) bond motifs is 7. The van der Waals surface area contributed by atoms with E-state index in [0.29, 0.717) is 28.5 Å². The summed E-state index contributed by atoms with van der Waals surface area (Å²) in [5.74, 6) is 3.03. The van der Waals surface area contributed by atoms with E-state index in [1.54, 1.807) is 35.8 Å². The molecule has 4 radical (unpaired) electrons. The van der Waals surface area contributed by atoms with Gasteiger partial charge in [-0.2, -0.15) is 117 Å². The van der Waals surface area contributed by atoms with Crippen LogP contribution in [0.15, 0.2) is 278 Å². The predicted octanol–water partition coefficient (Wildman–Crippen LogP) is 20.7. The van der Waals surface area contributed by atoms with Gasteiger partial charge < -0.3 is 43.6 Å². The molecule has 0 N–H and O–H groups in total. The number of rotatable bonds is 10. The second-order valence-corrected chi connectivity index (χ2v) is 30.9. The summed E-state index contributed by atoms with van der Waals surface area (Å²) in [4.78, 5) is 39.0. The number of aromatic nitrogens is 5. The summed E-state index contributed by atoms with van der Waals surface area (Å²) in [6.45, 7) is 19.3. The number of halogens is 3. The van der Waals surface area contributed by atoms with Crippen molar-refractivity contribution in [2.24, 2.45) is 0 Å². The fourth-order valence-corrected chi connectivity index (χ4v) is 13.7. The predicted molar refractivity (Wildman–Crippen MR) is 411 cm³/mol. The van der Waals surface area contributed by atoms with Crippen molar-refractivity contribution in [3.63, 3.8) is 0 Å². The van der Waals surface area contributed by atoms with E-state index in [0.717, 1.165) is 102 Å². The van der Waals surface area contributed by atoms with Crippen molar-refractivity contribution in [3.05, 3.63) is 330 Å². The number of furan rings is 1. The van der Waals surface area contributed by atoms with Crippen molar-refractivity contribution in [2.45, 2.75) is 45.7 Å². The van der Waals surface area contributed by atoms with E-state index in [9.17, 15) is 13.2 Å². The molecule has 4 aliphatic rings. The summed E-state index contributed by atoms with van der Waals surface area (Å²) in [7, 11) is 0.344. The molecule has 107 heavy (non-hydrogen) atoms. The van der Waals surface area contributed by atoms with Gasteiger partial charge in [-0.15, -0.1) is 54.9 Å². The fraction of sp³-hybridized carbons (Fsp3) is 0.0941. The van der Waals surface area contributed by atoms with Crippen LogP contribution in [0.3, 0.4) is 0 Å². The van der Waals surface area contributed by atoms with Crippen LogP contribution >= 0.6 is 0 Å². The summed E-state index contributed by atoms with van der Waals surface area (Å²) in [6, 6.07) is 93.1. The van der Waals surface area contributed by atoms with E-state index in [2.05, 4.69) is 182 Å². The Balaban J connectivity index is 0.000000144. The largest absolute Gasteiger partial charge is 0.516 e. The van der Waals surface area contributed by atoms with E-state index in [4.69, 9.17) is 9.40 Å². The minimum Gasteiger partial charge on any atom is -0.516 e. The molecule has 22 heteroatoms. The van der Waals surface area contributed by atoms with E-state index < -0.39 is 19.9 Å². The van der Waals surface area contributed by atoms with Gasteiger partial charge in [0.05, 0.1) is 11.4 Å². The zero-order valence-corrected chi connectivity index (χ0v) is 69.1. The summed E-state index contributed by atoms with van der Waals surface area (Å²) in [6.07, 6.45) is 2.81. The second kappa shape index (κ2) is 34.0. The summed E-state index contributed by atoms with van der Waals surface area (Å²) in [5.41, 5.74) is 13.5. The van der Waals surface area contributed by atoms with E-state index in [-0.39, 0.29) is 86.2 Å². The van der Waals surface area contributed by atoms with Crippen molar-refractivity contribution in [1.82, 2.24) is 24.9 Å². The van der Waals surface area contributed by atoms with Crippen LogP contribution in [0.4, 0.5) is 93.3 Å². The first kappa shape index (κ1) is 78.4. The average Bonchev–Trinajstić information content (AvgIpc) is 1.58. The number of hydrogen-bond acceptors (Lipinski definition) is 14. The zero-order chi connectivity index (χ0) is 70.8. The Morgan fingerprint density at radius 2 is 0.925 bits per heavy atom. The number of anilines is 14. The van der Waals surface area contributed by atoms with Crippen molar-refractivity contribution < 1.29 is 98.0 Å². The molecule has 0 aliphatic carbocycles.